The fourth-order valence-corrected chi connectivity index (χ4v) is 3.42. The fourth-order valence-electron chi connectivity index (χ4n) is 2.22. The Morgan fingerprint density at radius 2 is 1.86 bits per heavy atom. The van der Waals surface area contributed by atoms with Crippen molar-refractivity contribution in [2.24, 2.45) is 0 Å². The van der Waals surface area contributed by atoms with Gasteiger partial charge in [-0.1, -0.05) is 23.7 Å². The predicted molar refractivity (Wildman–Crippen MR) is 85.8 cm³/mol. The first-order valence-electron chi connectivity index (χ1n) is 6.31. The highest BCUT2D eigenvalue weighted by molar-refractivity contribution is 7.17. The van der Waals surface area contributed by atoms with Crippen LogP contribution in [0.1, 0.15) is 15.2 Å². The van der Waals surface area contributed by atoms with Crippen molar-refractivity contribution in [2.45, 2.75) is 0 Å². The normalized spacial score (nSPS) is 10.4. The molecule has 6 heteroatoms. The number of carboxylic acids is 1. The predicted octanol–water partition coefficient (Wildman–Crippen LogP) is 4.43. The molecule has 0 saturated carbocycles. The van der Waals surface area contributed by atoms with Gasteiger partial charge >= 0.3 is 5.97 Å². The van der Waals surface area contributed by atoms with Crippen molar-refractivity contribution in [3.05, 3.63) is 64.3 Å². The molecule has 4 nitrogen and oxygen atoms in total. The molecule has 0 amide bonds. The zero-order valence-corrected chi connectivity index (χ0v) is 12.7. The number of aromatic carboxylic acids is 1. The maximum absolute atomic E-state index is 11.6. The summed E-state index contributed by atoms with van der Waals surface area (Å²) >= 11 is 6.96. The minimum Gasteiger partial charge on any atom is -0.477 e. The molecule has 0 spiro atoms. The van der Waals surface area contributed by atoms with Crippen LogP contribution in [0.25, 0.3) is 16.1 Å². The Balaban J connectivity index is 2.30. The van der Waals surface area contributed by atoms with Gasteiger partial charge < -0.3 is 9.67 Å². The van der Waals surface area contributed by atoms with Gasteiger partial charge in [0, 0.05) is 23.0 Å². The van der Waals surface area contributed by atoms with E-state index in [0.29, 0.717) is 26.7 Å². The van der Waals surface area contributed by atoms with Gasteiger partial charge in [-0.2, -0.15) is 5.26 Å². The third-order valence-corrected chi connectivity index (χ3v) is 4.61. The second-order valence-electron chi connectivity index (χ2n) is 4.50. The topological polar surface area (TPSA) is 66.0 Å². The van der Waals surface area contributed by atoms with Crippen molar-refractivity contribution in [2.75, 3.05) is 0 Å². The zero-order chi connectivity index (χ0) is 15.7. The van der Waals surface area contributed by atoms with Crippen molar-refractivity contribution in [1.29, 1.82) is 5.26 Å². The molecule has 2 heterocycles. The average Bonchev–Trinajstić information content (AvgIpc) is 3.14. The molecule has 0 saturated heterocycles. The van der Waals surface area contributed by atoms with E-state index in [1.165, 1.54) is 0 Å². The lowest BCUT2D eigenvalue weighted by Gasteiger charge is -2.03. The van der Waals surface area contributed by atoms with E-state index in [0.717, 1.165) is 11.3 Å². The first-order chi connectivity index (χ1) is 10.6. The van der Waals surface area contributed by atoms with Gasteiger partial charge in [0.25, 0.3) is 0 Å². The molecule has 0 aliphatic heterocycles. The van der Waals surface area contributed by atoms with E-state index in [4.69, 9.17) is 11.6 Å². The SMILES string of the molecule is N#Cc1c(-n2cccc2)sc(C(=O)O)c1-c1ccc(Cl)cc1. The number of halogens is 1. The number of nitriles is 1. The number of hydrogen-bond donors (Lipinski definition) is 1. The van der Waals surface area contributed by atoms with Crippen LogP contribution in [0.2, 0.25) is 5.02 Å². The van der Waals surface area contributed by atoms with E-state index >= 15 is 0 Å². The molecule has 3 aromatic rings. The van der Waals surface area contributed by atoms with Crippen LogP contribution in [0.3, 0.4) is 0 Å². The molecule has 0 unspecified atom stereocenters. The molecule has 3 rings (SSSR count). The summed E-state index contributed by atoms with van der Waals surface area (Å²) in [6, 6.07) is 12.6. The van der Waals surface area contributed by atoms with Gasteiger partial charge in [-0.05, 0) is 29.8 Å². The van der Waals surface area contributed by atoms with E-state index in [2.05, 4.69) is 6.07 Å². The van der Waals surface area contributed by atoms with Crippen LogP contribution in [0.4, 0.5) is 0 Å². The standard InChI is InChI=1S/C16H9ClN2O2S/c17-11-5-3-10(4-6-11)13-12(9-18)15(19-7-1-2-8-19)22-14(13)16(20)21/h1-8H,(H,20,21). The minimum absolute atomic E-state index is 0.141. The molecule has 22 heavy (non-hydrogen) atoms. The number of nitrogens with zero attached hydrogens (tertiary/aromatic N) is 2. The first-order valence-corrected chi connectivity index (χ1v) is 7.50. The second-order valence-corrected chi connectivity index (χ2v) is 5.94. The van der Waals surface area contributed by atoms with Crippen molar-refractivity contribution < 1.29 is 9.90 Å². The highest BCUT2D eigenvalue weighted by Gasteiger charge is 2.24. The number of rotatable bonds is 3. The summed E-state index contributed by atoms with van der Waals surface area (Å²) in [7, 11) is 0. The number of benzene rings is 1. The molecule has 2 aromatic heterocycles. The van der Waals surface area contributed by atoms with E-state index in [-0.39, 0.29) is 4.88 Å². The minimum atomic E-state index is -1.05. The average molecular weight is 329 g/mol. The molecule has 0 fully saturated rings. The van der Waals surface area contributed by atoms with Gasteiger partial charge in [0.05, 0.1) is 5.56 Å². The largest absolute Gasteiger partial charge is 0.477 e. The van der Waals surface area contributed by atoms with Gasteiger partial charge in [-0.25, -0.2) is 4.79 Å². The van der Waals surface area contributed by atoms with E-state index in [1.807, 2.05) is 12.1 Å². The number of aromatic nitrogens is 1. The van der Waals surface area contributed by atoms with Crippen molar-refractivity contribution in [3.8, 4) is 22.2 Å². The van der Waals surface area contributed by atoms with E-state index in [9.17, 15) is 15.2 Å². The van der Waals surface area contributed by atoms with E-state index < -0.39 is 5.97 Å². The maximum Gasteiger partial charge on any atom is 0.346 e. The van der Waals surface area contributed by atoms with Gasteiger partial charge in [-0.3, -0.25) is 0 Å². The fraction of sp³-hybridized carbons (Fsp3) is 0. The number of carbonyl (C=O) groups is 1. The first kappa shape index (κ1) is 14.4. The molecular weight excluding hydrogens is 320 g/mol. The Labute approximate surface area is 135 Å². The monoisotopic (exact) mass is 328 g/mol. The molecule has 0 atom stereocenters. The van der Waals surface area contributed by atoms with Crippen LogP contribution in [-0.4, -0.2) is 15.6 Å². The molecule has 0 radical (unpaired) electrons. The number of thiophene rings is 1. The van der Waals surface area contributed by atoms with Gasteiger partial charge in [0.1, 0.15) is 15.9 Å². The van der Waals surface area contributed by atoms with Gasteiger partial charge in [-0.15, -0.1) is 11.3 Å². The summed E-state index contributed by atoms with van der Waals surface area (Å²) in [5, 5.41) is 20.2. The zero-order valence-electron chi connectivity index (χ0n) is 11.2. The Kier molecular flexibility index (Phi) is 3.72. The van der Waals surface area contributed by atoms with Crippen molar-refractivity contribution in [1.82, 2.24) is 4.57 Å². The molecular formula is C16H9ClN2O2S. The Morgan fingerprint density at radius 1 is 1.23 bits per heavy atom. The lowest BCUT2D eigenvalue weighted by molar-refractivity contribution is 0.0703. The molecule has 1 N–H and O–H groups in total. The molecule has 0 aliphatic carbocycles. The summed E-state index contributed by atoms with van der Waals surface area (Å²) in [5.41, 5.74) is 1.44. The number of hydrogen-bond acceptors (Lipinski definition) is 3. The van der Waals surface area contributed by atoms with Gasteiger partial charge in [0.2, 0.25) is 0 Å². The summed E-state index contributed by atoms with van der Waals surface area (Å²) in [4.78, 5) is 11.7. The lowest BCUT2D eigenvalue weighted by atomic mass is 10.0. The van der Waals surface area contributed by atoms with Crippen molar-refractivity contribution in [3.63, 3.8) is 0 Å². The lowest BCUT2D eigenvalue weighted by Crippen LogP contribution is -1.95. The van der Waals surface area contributed by atoms with Gasteiger partial charge in [0.15, 0.2) is 0 Å². The Hall–Kier alpha value is -2.55. The highest BCUT2D eigenvalue weighted by atomic mass is 35.5. The molecule has 108 valence electrons. The molecule has 0 aliphatic rings. The van der Waals surface area contributed by atoms with Crippen LogP contribution in [0, 0.1) is 11.3 Å². The maximum atomic E-state index is 11.6. The van der Waals surface area contributed by atoms with Crippen LogP contribution in [0.15, 0.2) is 48.8 Å². The smallest absolute Gasteiger partial charge is 0.346 e. The second kappa shape index (κ2) is 5.68. The highest BCUT2D eigenvalue weighted by Crippen LogP contribution is 2.39. The van der Waals surface area contributed by atoms with E-state index in [1.54, 1.807) is 41.2 Å². The summed E-state index contributed by atoms with van der Waals surface area (Å²) < 4.78 is 1.75. The molecule has 1 aromatic carbocycles. The van der Waals surface area contributed by atoms with Crippen LogP contribution >= 0.6 is 22.9 Å². The van der Waals surface area contributed by atoms with Crippen LogP contribution < -0.4 is 0 Å². The summed E-state index contributed by atoms with van der Waals surface area (Å²) in [6.07, 6.45) is 3.56. The summed E-state index contributed by atoms with van der Waals surface area (Å²) in [6.45, 7) is 0. The van der Waals surface area contributed by atoms with Crippen molar-refractivity contribution >= 4 is 28.9 Å². The quantitative estimate of drug-likeness (QED) is 0.773. The molecule has 0 bridgehead atoms. The third kappa shape index (κ3) is 2.39. The Bertz CT molecular complexity index is 874. The Morgan fingerprint density at radius 3 is 2.41 bits per heavy atom. The van der Waals surface area contributed by atoms with Crippen LogP contribution in [0.5, 0.6) is 0 Å². The number of carboxylic acid groups (broad SMARTS) is 1. The summed E-state index contributed by atoms with van der Waals surface area (Å²) in [5.74, 6) is -1.05. The third-order valence-electron chi connectivity index (χ3n) is 3.17. The van der Waals surface area contributed by atoms with Crippen LogP contribution in [-0.2, 0) is 0 Å².